The van der Waals surface area contributed by atoms with Gasteiger partial charge in [-0.25, -0.2) is 4.74 Å². The number of ether oxygens (including phenoxy) is 2. The maximum atomic E-state index is 13.4. The summed E-state index contributed by atoms with van der Waals surface area (Å²) in [4.78, 5) is 0. The van der Waals surface area contributed by atoms with Crippen molar-refractivity contribution in [3.05, 3.63) is 12.1 Å². The summed E-state index contributed by atoms with van der Waals surface area (Å²) in [6.45, 7) is 0. The van der Waals surface area contributed by atoms with Crippen LogP contribution in [-0.2, 0) is 9.47 Å². The molecule has 0 rings (SSSR count). The van der Waals surface area contributed by atoms with Gasteiger partial charge in [-0.1, -0.05) is 0 Å². The van der Waals surface area contributed by atoms with Crippen molar-refractivity contribution in [1.82, 2.24) is 0 Å². The largest absolute Gasteiger partial charge is 0.472 e. The summed E-state index contributed by atoms with van der Waals surface area (Å²) in [5, 5.41) is 0. The van der Waals surface area contributed by atoms with E-state index in [-0.39, 0.29) is 0 Å². The third-order valence-electron chi connectivity index (χ3n) is 3.26. The van der Waals surface area contributed by atoms with E-state index in [4.69, 9.17) is 0 Å². The van der Waals surface area contributed by atoms with Gasteiger partial charge in [-0.2, -0.15) is 92.2 Å². The average Bonchev–Trinajstić information content (AvgIpc) is 2.58. The maximum absolute atomic E-state index is 13.4. The highest BCUT2D eigenvalue weighted by atomic mass is 127. The second-order valence-corrected chi connectivity index (χ2v) is 7.01. The molecule has 35 heavy (non-hydrogen) atoms. The molecule has 0 aromatic rings. The molecule has 0 aliphatic carbocycles. The Labute approximate surface area is 189 Å². The zero-order valence-electron chi connectivity index (χ0n) is 14.6. The Bertz CT molecular complexity index is 807. The summed E-state index contributed by atoms with van der Waals surface area (Å²) < 4.78 is 268. The monoisotopic (exact) mass is 690 g/mol. The van der Waals surface area contributed by atoms with Crippen molar-refractivity contribution in [2.45, 2.75) is 51.9 Å². The van der Waals surface area contributed by atoms with Gasteiger partial charge in [-0.05, 0) is 0 Å². The fraction of sp³-hybridized carbons (Fsp3) is 0.818. The predicted molar refractivity (Wildman–Crippen MR) is 71.1 cm³/mol. The number of rotatable bonds is 11. The Hall–Kier alpha value is -1.24. The molecule has 0 aliphatic rings. The number of hydrogen-bond donors (Lipinski definition) is 0. The minimum absolute atomic E-state index is 0.856. The van der Waals surface area contributed by atoms with E-state index >= 15 is 0 Å². The van der Waals surface area contributed by atoms with Crippen molar-refractivity contribution in [3.8, 4) is 0 Å². The Kier molecular flexibility index (Phi) is 8.63. The fourth-order valence-electron chi connectivity index (χ4n) is 1.46. The molecule has 0 aromatic carbocycles. The summed E-state index contributed by atoms with van der Waals surface area (Å²) >= 11 is -0.856. The van der Waals surface area contributed by atoms with Crippen LogP contribution in [0, 0.1) is 0 Å². The molecule has 0 unspecified atom stereocenters. The molecule has 0 aliphatic heterocycles. The smallest absolute Gasteiger partial charge is 0.397 e. The molecular formula is C11F21IO2. The van der Waals surface area contributed by atoms with E-state index in [2.05, 4.69) is 0 Å². The maximum Gasteiger partial charge on any atom is 0.472 e. The van der Waals surface area contributed by atoms with Crippen molar-refractivity contribution in [1.29, 1.82) is 0 Å². The Morgan fingerprint density at radius 3 is 1.00 bits per heavy atom. The van der Waals surface area contributed by atoms with E-state index in [1.54, 1.807) is 4.74 Å². The van der Waals surface area contributed by atoms with Gasteiger partial charge < -0.3 is 4.74 Å². The summed E-state index contributed by atoms with van der Waals surface area (Å²) in [5.41, 5.74) is 0. The minimum atomic E-state index is -8.94. The molecule has 0 atom stereocenters. The molecule has 0 fully saturated rings. The summed E-state index contributed by atoms with van der Waals surface area (Å²) in [7, 11) is 0. The normalized spacial score (nSPS) is 15.8. The summed E-state index contributed by atoms with van der Waals surface area (Å²) in [6.07, 6.45) is -27.0. The lowest BCUT2D eigenvalue weighted by Gasteiger charge is -2.42. The molecule has 0 heterocycles. The summed E-state index contributed by atoms with van der Waals surface area (Å²) in [5.74, 6) is -43.7. The highest BCUT2D eigenvalue weighted by molar-refractivity contribution is 14.1. The van der Waals surface area contributed by atoms with Crippen LogP contribution in [0.15, 0.2) is 12.1 Å². The van der Waals surface area contributed by atoms with E-state index in [0.717, 1.165) is 0 Å². The zero-order valence-corrected chi connectivity index (χ0v) is 16.8. The van der Waals surface area contributed by atoms with E-state index in [1.165, 1.54) is 4.74 Å². The lowest BCUT2D eigenvalue weighted by atomic mass is 9.93. The molecule has 2 nitrogen and oxygen atoms in total. The second kappa shape index (κ2) is 8.95. The van der Waals surface area contributed by atoms with Crippen LogP contribution in [0.3, 0.4) is 0 Å². The SMILES string of the molecule is FC(F)=C(F)OC(F)(F)C(F)(F)C(F)(F)C(F)(F)C(F)(F)C(F)(F)C(F)(F)OC(F)(F)C(F)(F)I. The van der Waals surface area contributed by atoms with E-state index in [9.17, 15) is 92.2 Å². The lowest BCUT2D eigenvalue weighted by Crippen LogP contribution is -2.73. The molecule has 0 spiro atoms. The third kappa shape index (κ3) is 5.26. The van der Waals surface area contributed by atoms with E-state index < -0.39 is 86.6 Å². The molecule has 24 heteroatoms. The Morgan fingerprint density at radius 1 is 0.429 bits per heavy atom. The number of halogens is 22. The van der Waals surface area contributed by atoms with Crippen molar-refractivity contribution in [2.75, 3.05) is 0 Å². The van der Waals surface area contributed by atoms with Gasteiger partial charge in [-0.3, -0.25) is 0 Å². The Morgan fingerprint density at radius 2 is 0.714 bits per heavy atom. The van der Waals surface area contributed by atoms with Crippen LogP contribution in [0.4, 0.5) is 92.2 Å². The Balaban J connectivity index is 6.73. The van der Waals surface area contributed by atoms with Gasteiger partial charge in [0, 0.05) is 22.6 Å². The van der Waals surface area contributed by atoms with Gasteiger partial charge in [0.25, 0.3) is 0 Å². The van der Waals surface area contributed by atoms with Crippen LogP contribution >= 0.6 is 22.6 Å². The predicted octanol–water partition coefficient (Wildman–Crippen LogP) is 8.04. The first-order chi connectivity index (χ1) is 14.8. The van der Waals surface area contributed by atoms with Gasteiger partial charge in [0.15, 0.2) is 0 Å². The van der Waals surface area contributed by atoms with Gasteiger partial charge in [-0.15, -0.1) is 0 Å². The molecule has 0 N–H and O–H groups in total. The molecule has 0 aromatic heterocycles. The minimum Gasteiger partial charge on any atom is -0.397 e. The van der Waals surface area contributed by atoms with Crippen molar-refractivity contribution < 1.29 is 102 Å². The van der Waals surface area contributed by atoms with Crippen LogP contribution < -0.4 is 0 Å². The molecule has 210 valence electrons. The average molecular weight is 690 g/mol. The van der Waals surface area contributed by atoms with Crippen LogP contribution in [0.5, 0.6) is 0 Å². The highest BCUT2D eigenvalue weighted by Crippen LogP contribution is 2.63. The van der Waals surface area contributed by atoms with Gasteiger partial charge in [0.2, 0.25) is 0 Å². The molecular weight excluding hydrogens is 690 g/mol. The molecule has 0 amide bonds. The number of hydrogen-bond acceptors (Lipinski definition) is 2. The van der Waals surface area contributed by atoms with E-state index in [0.29, 0.717) is 0 Å². The molecule has 0 bridgehead atoms. The third-order valence-corrected chi connectivity index (χ3v) is 3.89. The highest BCUT2D eigenvalue weighted by Gasteiger charge is 2.94. The molecule has 0 radical (unpaired) electrons. The fourth-order valence-corrected chi connectivity index (χ4v) is 1.57. The first kappa shape index (κ1) is 33.8. The van der Waals surface area contributed by atoms with Crippen molar-refractivity contribution >= 4 is 22.6 Å². The number of alkyl halides is 19. The van der Waals surface area contributed by atoms with Gasteiger partial charge in [0.1, 0.15) is 0 Å². The van der Waals surface area contributed by atoms with Crippen molar-refractivity contribution in [2.24, 2.45) is 0 Å². The first-order valence-electron chi connectivity index (χ1n) is 6.97. The van der Waals surface area contributed by atoms with Gasteiger partial charge >= 0.3 is 64.0 Å². The first-order valence-corrected chi connectivity index (χ1v) is 8.05. The molecule has 0 saturated heterocycles. The summed E-state index contributed by atoms with van der Waals surface area (Å²) in [6, 6.07) is -4.23. The van der Waals surface area contributed by atoms with E-state index in [1.807, 2.05) is 0 Å². The van der Waals surface area contributed by atoms with Crippen LogP contribution in [0.25, 0.3) is 0 Å². The standard InChI is InChI=1S/C11F21IO2/c12-1(13)2(14)34-9(27,28)6(21,22)4(17,18)3(15,16)5(19,20)7(23,24)10(29,30)35-11(31,32)8(25,26)33. The van der Waals surface area contributed by atoms with Crippen molar-refractivity contribution in [3.63, 3.8) is 0 Å². The molecule has 0 saturated carbocycles. The van der Waals surface area contributed by atoms with Crippen LogP contribution in [-0.4, -0.2) is 51.9 Å². The van der Waals surface area contributed by atoms with Crippen LogP contribution in [0.1, 0.15) is 0 Å². The topological polar surface area (TPSA) is 18.5 Å². The zero-order chi connectivity index (χ0) is 29.1. The quantitative estimate of drug-likeness (QED) is 0.0947. The van der Waals surface area contributed by atoms with Crippen LogP contribution in [0.2, 0.25) is 0 Å². The second-order valence-electron chi connectivity index (χ2n) is 5.66. The lowest BCUT2D eigenvalue weighted by molar-refractivity contribution is -0.505. The van der Waals surface area contributed by atoms with Gasteiger partial charge in [0.05, 0.1) is 0 Å².